The van der Waals surface area contributed by atoms with Gasteiger partial charge in [0.15, 0.2) is 0 Å². The van der Waals surface area contributed by atoms with Crippen LogP contribution in [-0.4, -0.2) is 13.0 Å². The fourth-order valence-corrected chi connectivity index (χ4v) is 1.88. The second-order valence-corrected chi connectivity index (χ2v) is 4.67. The molecule has 0 aliphatic carbocycles. The molecule has 5 nitrogen and oxygen atoms in total. The van der Waals surface area contributed by atoms with Crippen LogP contribution < -0.4 is 10.9 Å². The van der Waals surface area contributed by atoms with E-state index in [0.29, 0.717) is 6.54 Å². The summed E-state index contributed by atoms with van der Waals surface area (Å²) in [6.45, 7) is 3.08. The lowest BCUT2D eigenvalue weighted by molar-refractivity contribution is 0.596. The largest absolute Gasteiger partial charge is 0.349 e. The van der Waals surface area contributed by atoms with Gasteiger partial charge in [-0.05, 0) is 12.5 Å². The number of nitrogens with two attached hydrogens (primary N) is 2. The van der Waals surface area contributed by atoms with Gasteiger partial charge < -0.3 is 10.3 Å². The van der Waals surface area contributed by atoms with Crippen molar-refractivity contribution in [2.75, 3.05) is 0 Å². The Kier molecular flexibility index (Phi) is 3.30. The van der Waals surface area contributed by atoms with Gasteiger partial charge in [0.25, 0.3) is 0 Å². The third kappa shape index (κ3) is 2.34. The number of nitrogens with zero attached hydrogens (tertiary/aromatic N) is 1. The van der Waals surface area contributed by atoms with Gasteiger partial charge in [-0.15, -0.1) is 0 Å². The maximum absolute atomic E-state index is 11.0. The molecule has 0 unspecified atom stereocenters. The topological polar surface area (TPSA) is 91.1 Å². The Hall–Kier alpha value is -0.850. The molecule has 0 atom stereocenters. The van der Waals surface area contributed by atoms with Gasteiger partial charge in [-0.1, -0.05) is 6.92 Å². The fourth-order valence-electron chi connectivity index (χ4n) is 1.30. The number of aryl methyl sites for hydroxylation is 1. The van der Waals surface area contributed by atoms with Crippen molar-refractivity contribution in [2.45, 2.75) is 31.3 Å². The van der Waals surface area contributed by atoms with E-state index in [0.717, 1.165) is 18.7 Å². The highest BCUT2D eigenvalue weighted by Gasteiger charge is 2.12. The van der Waals surface area contributed by atoms with Crippen molar-refractivity contribution in [2.24, 2.45) is 10.9 Å². The van der Waals surface area contributed by atoms with Crippen LogP contribution in [0.2, 0.25) is 0 Å². The lowest BCUT2D eigenvalue weighted by atomic mass is 10.4. The maximum Gasteiger partial charge on any atom is 0.239 e. The van der Waals surface area contributed by atoms with Gasteiger partial charge in [0.2, 0.25) is 10.0 Å². The molecule has 1 aromatic heterocycles. The Morgan fingerprint density at radius 1 is 1.50 bits per heavy atom. The van der Waals surface area contributed by atoms with Crippen molar-refractivity contribution >= 4 is 10.0 Å². The van der Waals surface area contributed by atoms with Gasteiger partial charge in [0, 0.05) is 25.0 Å². The predicted molar refractivity (Wildman–Crippen MR) is 54.0 cm³/mol. The third-order valence-electron chi connectivity index (χ3n) is 1.96. The minimum atomic E-state index is -3.61. The second-order valence-electron chi connectivity index (χ2n) is 3.11. The van der Waals surface area contributed by atoms with E-state index >= 15 is 0 Å². The molecule has 0 saturated carbocycles. The zero-order valence-electron chi connectivity index (χ0n) is 8.10. The molecule has 0 radical (unpaired) electrons. The first-order chi connectivity index (χ1) is 6.49. The molecule has 0 saturated heterocycles. The minimum absolute atomic E-state index is 0.131. The normalized spacial score (nSPS) is 11.9. The molecule has 0 aliphatic rings. The Morgan fingerprint density at radius 3 is 2.57 bits per heavy atom. The Labute approximate surface area is 83.8 Å². The number of hydrogen-bond acceptors (Lipinski definition) is 3. The van der Waals surface area contributed by atoms with Gasteiger partial charge in [0.05, 0.1) is 4.90 Å². The zero-order chi connectivity index (χ0) is 10.8. The average molecular weight is 217 g/mol. The van der Waals surface area contributed by atoms with E-state index in [-0.39, 0.29) is 4.90 Å². The van der Waals surface area contributed by atoms with Crippen LogP contribution in [0.1, 0.15) is 19.0 Å². The number of primary sulfonamides is 1. The molecule has 0 aliphatic heterocycles. The molecule has 6 heteroatoms. The van der Waals surface area contributed by atoms with Gasteiger partial charge in [0.1, 0.15) is 0 Å². The van der Waals surface area contributed by atoms with Crippen LogP contribution in [0.3, 0.4) is 0 Å². The van der Waals surface area contributed by atoms with E-state index in [4.69, 9.17) is 10.9 Å². The summed E-state index contributed by atoms with van der Waals surface area (Å²) in [5.41, 5.74) is 6.27. The zero-order valence-corrected chi connectivity index (χ0v) is 8.92. The summed E-state index contributed by atoms with van der Waals surface area (Å²) in [4.78, 5) is 0.131. The van der Waals surface area contributed by atoms with Crippen molar-refractivity contribution < 1.29 is 8.42 Å². The highest BCUT2D eigenvalue weighted by molar-refractivity contribution is 7.89. The molecular formula is C8H15N3O2S. The molecule has 0 amide bonds. The fraction of sp³-hybridized carbons (Fsp3) is 0.500. The standard InChI is InChI=1S/C8H15N3O2S/c1-2-3-11-6-8(14(10,12)13)4-7(11)5-9/h4,6H,2-3,5,9H2,1H3,(H2,10,12,13). The van der Waals surface area contributed by atoms with E-state index in [9.17, 15) is 8.42 Å². The Bertz CT molecular complexity index is 408. The van der Waals surface area contributed by atoms with Crippen LogP contribution in [0.25, 0.3) is 0 Å². The van der Waals surface area contributed by atoms with Crippen LogP contribution in [0.15, 0.2) is 17.2 Å². The van der Waals surface area contributed by atoms with Crippen molar-refractivity contribution in [1.29, 1.82) is 0 Å². The van der Waals surface area contributed by atoms with Crippen LogP contribution in [0, 0.1) is 0 Å². The van der Waals surface area contributed by atoms with Gasteiger partial charge in [-0.25, -0.2) is 13.6 Å². The molecule has 1 rings (SSSR count). The molecule has 1 heterocycles. The van der Waals surface area contributed by atoms with Gasteiger partial charge >= 0.3 is 0 Å². The SMILES string of the molecule is CCCn1cc(S(N)(=O)=O)cc1CN. The van der Waals surface area contributed by atoms with Crippen LogP contribution in [-0.2, 0) is 23.1 Å². The maximum atomic E-state index is 11.0. The monoisotopic (exact) mass is 217 g/mol. The van der Waals surface area contributed by atoms with Crippen LogP contribution >= 0.6 is 0 Å². The second kappa shape index (κ2) is 4.12. The van der Waals surface area contributed by atoms with E-state index in [1.54, 1.807) is 0 Å². The molecule has 0 spiro atoms. The van der Waals surface area contributed by atoms with Crippen molar-refractivity contribution in [1.82, 2.24) is 4.57 Å². The molecule has 1 aromatic rings. The molecule has 0 bridgehead atoms. The quantitative estimate of drug-likeness (QED) is 0.744. The van der Waals surface area contributed by atoms with E-state index in [1.807, 2.05) is 11.5 Å². The highest BCUT2D eigenvalue weighted by Crippen LogP contribution is 2.13. The minimum Gasteiger partial charge on any atom is -0.349 e. The average Bonchev–Trinajstić information content (AvgIpc) is 2.47. The lowest BCUT2D eigenvalue weighted by Gasteiger charge is -2.03. The smallest absolute Gasteiger partial charge is 0.239 e. The summed E-state index contributed by atoms with van der Waals surface area (Å²) in [5.74, 6) is 0. The Balaban J connectivity index is 3.13. The summed E-state index contributed by atoms with van der Waals surface area (Å²) in [6.07, 6.45) is 2.45. The van der Waals surface area contributed by atoms with Crippen molar-refractivity contribution in [3.8, 4) is 0 Å². The number of rotatable bonds is 4. The van der Waals surface area contributed by atoms with Crippen LogP contribution in [0.4, 0.5) is 0 Å². The van der Waals surface area contributed by atoms with E-state index < -0.39 is 10.0 Å². The van der Waals surface area contributed by atoms with Crippen LogP contribution in [0.5, 0.6) is 0 Å². The number of sulfonamides is 1. The van der Waals surface area contributed by atoms with Gasteiger partial charge in [-0.3, -0.25) is 0 Å². The first-order valence-electron chi connectivity index (χ1n) is 4.41. The summed E-state index contributed by atoms with van der Waals surface area (Å²) in [5, 5.41) is 5.01. The lowest BCUT2D eigenvalue weighted by Crippen LogP contribution is -2.11. The number of hydrogen-bond donors (Lipinski definition) is 2. The first kappa shape index (κ1) is 11.2. The van der Waals surface area contributed by atoms with E-state index in [1.165, 1.54) is 12.3 Å². The first-order valence-corrected chi connectivity index (χ1v) is 5.95. The summed E-state index contributed by atoms with van der Waals surface area (Å²) >= 11 is 0. The summed E-state index contributed by atoms with van der Waals surface area (Å²) in [7, 11) is -3.61. The van der Waals surface area contributed by atoms with Crippen molar-refractivity contribution in [3.63, 3.8) is 0 Å². The third-order valence-corrected chi connectivity index (χ3v) is 2.84. The van der Waals surface area contributed by atoms with Crippen molar-refractivity contribution in [3.05, 3.63) is 18.0 Å². The number of aromatic nitrogens is 1. The van der Waals surface area contributed by atoms with Gasteiger partial charge in [-0.2, -0.15) is 0 Å². The Morgan fingerprint density at radius 2 is 2.14 bits per heavy atom. The molecule has 4 N–H and O–H groups in total. The molecule has 14 heavy (non-hydrogen) atoms. The highest BCUT2D eigenvalue weighted by atomic mass is 32.2. The van der Waals surface area contributed by atoms with E-state index in [2.05, 4.69) is 0 Å². The molecule has 0 aromatic carbocycles. The molecular weight excluding hydrogens is 202 g/mol. The predicted octanol–water partition coefficient (Wildman–Crippen LogP) is 0.00420. The summed E-state index contributed by atoms with van der Waals surface area (Å²) in [6, 6.07) is 1.52. The summed E-state index contributed by atoms with van der Waals surface area (Å²) < 4.78 is 23.9. The molecule has 0 fully saturated rings. The molecule has 80 valence electrons.